The monoisotopic (exact) mass is 343 g/mol. The maximum Gasteiger partial charge on any atom is 0.534 e. The van der Waals surface area contributed by atoms with Gasteiger partial charge in [-0.2, -0.15) is 21.6 Å². The van der Waals surface area contributed by atoms with Crippen LogP contribution in [0.1, 0.15) is 41.0 Å². The van der Waals surface area contributed by atoms with Crippen LogP contribution in [0.3, 0.4) is 0 Å². The largest absolute Gasteiger partial charge is 0.534 e. The van der Waals surface area contributed by atoms with E-state index in [1.165, 1.54) is 6.92 Å². The maximum absolute atomic E-state index is 12.2. The Labute approximate surface area is 131 Å². The molecule has 0 N–H and O–H groups in total. The second-order valence-electron chi connectivity index (χ2n) is 3.69. The van der Waals surface area contributed by atoms with Gasteiger partial charge in [0.1, 0.15) is 11.8 Å². The van der Waals surface area contributed by atoms with Gasteiger partial charge >= 0.3 is 15.6 Å². The van der Waals surface area contributed by atoms with Crippen molar-refractivity contribution in [3.63, 3.8) is 0 Å². The highest BCUT2D eigenvalue weighted by Crippen LogP contribution is 2.29. The van der Waals surface area contributed by atoms with Gasteiger partial charge in [-0.05, 0) is 25.6 Å². The fourth-order valence-corrected chi connectivity index (χ4v) is 1.76. The summed E-state index contributed by atoms with van der Waals surface area (Å²) in [5.74, 6) is -0.547. The summed E-state index contributed by atoms with van der Waals surface area (Å²) in [6.07, 6.45) is 9.74. The first-order valence-electron chi connectivity index (χ1n) is 6.56. The highest BCUT2D eigenvalue weighted by Gasteiger charge is 2.49. The van der Waals surface area contributed by atoms with Crippen LogP contribution in [0.25, 0.3) is 0 Å². The van der Waals surface area contributed by atoms with Gasteiger partial charge in [-0.3, -0.25) is 4.99 Å². The van der Waals surface area contributed by atoms with Crippen molar-refractivity contribution >= 4 is 16.8 Å². The van der Waals surface area contributed by atoms with E-state index in [0.29, 0.717) is 6.42 Å². The molecular formula is C14H24F3NO3S. The summed E-state index contributed by atoms with van der Waals surface area (Å²) in [5.41, 5.74) is -5.46. The molecule has 0 aromatic rings. The third-order valence-electron chi connectivity index (χ3n) is 2.45. The van der Waals surface area contributed by atoms with Gasteiger partial charge in [0.15, 0.2) is 0 Å². The van der Waals surface area contributed by atoms with Gasteiger partial charge in [0.05, 0.1) is 0 Å². The molecule has 0 saturated carbocycles. The fraction of sp³-hybridized carbons (Fsp3) is 0.643. The van der Waals surface area contributed by atoms with E-state index < -0.39 is 21.7 Å². The van der Waals surface area contributed by atoms with E-state index in [4.69, 9.17) is 0 Å². The predicted molar refractivity (Wildman–Crippen MR) is 83.8 cm³/mol. The highest BCUT2D eigenvalue weighted by molar-refractivity contribution is 7.87. The average Bonchev–Trinajstić information content (AvgIpc) is 2.49. The predicted octanol–water partition coefficient (Wildman–Crippen LogP) is 4.15. The highest BCUT2D eigenvalue weighted by atomic mass is 32.2. The lowest BCUT2D eigenvalue weighted by atomic mass is 9.98. The number of terminal acetylenes is 1. The Kier molecular flexibility index (Phi) is 14.0. The van der Waals surface area contributed by atoms with Crippen molar-refractivity contribution in [1.82, 2.24) is 0 Å². The lowest BCUT2D eigenvalue weighted by molar-refractivity contribution is -0.0525. The first-order valence-corrected chi connectivity index (χ1v) is 7.97. The number of nitrogens with zero attached hydrogens (tertiary/aromatic N) is 1. The van der Waals surface area contributed by atoms with E-state index in [2.05, 4.69) is 28.7 Å². The molecule has 0 fully saturated rings. The summed E-state index contributed by atoms with van der Waals surface area (Å²) in [6, 6.07) is -0.822. The lowest BCUT2D eigenvalue weighted by Crippen LogP contribution is -2.29. The van der Waals surface area contributed by atoms with E-state index in [9.17, 15) is 21.6 Å². The summed E-state index contributed by atoms with van der Waals surface area (Å²) in [7, 11) is -5.66. The quantitative estimate of drug-likeness (QED) is 0.239. The van der Waals surface area contributed by atoms with Crippen molar-refractivity contribution in [3.05, 3.63) is 11.8 Å². The van der Waals surface area contributed by atoms with Gasteiger partial charge < -0.3 is 4.18 Å². The topological polar surface area (TPSA) is 55.7 Å². The molecule has 0 amide bonds. The Balaban J connectivity index is -0.000000826. The van der Waals surface area contributed by atoms with Crippen LogP contribution >= 0.6 is 0 Å². The molecule has 2 unspecified atom stereocenters. The molecule has 0 aromatic heterocycles. The van der Waals surface area contributed by atoms with E-state index >= 15 is 0 Å². The van der Waals surface area contributed by atoms with Crippen molar-refractivity contribution in [3.8, 4) is 12.8 Å². The van der Waals surface area contributed by atoms with E-state index in [-0.39, 0.29) is 11.7 Å². The molecule has 0 saturated heterocycles. The van der Waals surface area contributed by atoms with Crippen molar-refractivity contribution in [2.75, 3.05) is 0 Å². The minimum Gasteiger partial charge on any atom is -0.379 e. The van der Waals surface area contributed by atoms with Gasteiger partial charge in [-0.1, -0.05) is 34.1 Å². The molecule has 0 rings (SSSR count). The average molecular weight is 343 g/mol. The van der Waals surface area contributed by atoms with Crippen molar-refractivity contribution in [2.24, 2.45) is 10.9 Å². The molecule has 130 valence electrons. The standard InChI is InChI=1S/C10H16F3NO3S.C2H6.C2H2/c1-5-7(3)9(14-4)8(6-2)17-18(15,16)10(11,12)13;2*1-2/h6-7,9H,4-5H2,1-3H3;1-2H3;1-2H/b8-6+;;. The second-order valence-corrected chi connectivity index (χ2v) is 5.23. The number of aliphatic imine (C=N–C) groups is 1. The SMILES string of the molecule is C#C.C=NC(/C(=C\C)OS(=O)(=O)C(F)(F)F)C(C)CC.CC. The van der Waals surface area contributed by atoms with Gasteiger partial charge in [-0.25, -0.2) is 0 Å². The van der Waals surface area contributed by atoms with Gasteiger partial charge in [0.2, 0.25) is 0 Å². The second kappa shape index (κ2) is 12.1. The minimum atomic E-state index is -5.66. The molecule has 22 heavy (non-hydrogen) atoms. The molecule has 2 atom stereocenters. The third kappa shape index (κ3) is 8.08. The lowest BCUT2D eigenvalue weighted by Gasteiger charge is -2.21. The number of hydrogen-bond donors (Lipinski definition) is 0. The van der Waals surface area contributed by atoms with Crippen LogP contribution in [0.15, 0.2) is 16.8 Å². The van der Waals surface area contributed by atoms with E-state index in [0.717, 1.165) is 6.08 Å². The summed E-state index contributed by atoms with van der Waals surface area (Å²) in [6.45, 7) is 12.1. The third-order valence-corrected chi connectivity index (χ3v) is 3.42. The Hall–Kier alpha value is -1.49. The van der Waals surface area contributed by atoms with Crippen LogP contribution < -0.4 is 0 Å². The first-order chi connectivity index (χ1) is 10.1. The number of rotatable bonds is 6. The molecule has 8 heteroatoms. The normalized spacial score (nSPS) is 14.4. The molecule has 0 spiro atoms. The van der Waals surface area contributed by atoms with Gasteiger partial charge in [0, 0.05) is 0 Å². The molecule has 0 aliphatic rings. The summed E-state index contributed by atoms with van der Waals surface area (Å²) in [4.78, 5) is 3.62. The molecule has 0 bridgehead atoms. The number of alkyl halides is 3. The fourth-order valence-electron chi connectivity index (χ4n) is 1.22. The summed E-state index contributed by atoms with van der Waals surface area (Å²) in [5, 5.41) is 0. The smallest absolute Gasteiger partial charge is 0.379 e. The first kappa shape index (κ1) is 25.5. The molecule has 4 nitrogen and oxygen atoms in total. The van der Waals surface area contributed by atoms with Crippen molar-refractivity contribution in [1.29, 1.82) is 0 Å². The van der Waals surface area contributed by atoms with Gasteiger partial charge in [-0.15, -0.1) is 12.8 Å². The van der Waals surface area contributed by atoms with Crippen molar-refractivity contribution in [2.45, 2.75) is 52.6 Å². The van der Waals surface area contributed by atoms with Crippen molar-refractivity contribution < 1.29 is 25.8 Å². The minimum absolute atomic E-state index is 0.183. The van der Waals surface area contributed by atoms with Crippen LogP contribution in [-0.4, -0.2) is 26.7 Å². The Morgan fingerprint density at radius 1 is 1.36 bits per heavy atom. The maximum atomic E-state index is 12.2. The number of hydrogen-bond acceptors (Lipinski definition) is 4. The zero-order valence-corrected chi connectivity index (χ0v) is 14.3. The van der Waals surface area contributed by atoms with Crippen LogP contribution in [-0.2, 0) is 14.3 Å². The molecule has 0 aliphatic carbocycles. The Morgan fingerprint density at radius 3 is 2.00 bits per heavy atom. The molecule has 0 heterocycles. The van der Waals surface area contributed by atoms with Crippen LogP contribution in [0.4, 0.5) is 13.2 Å². The zero-order chi connectivity index (χ0) is 18.6. The van der Waals surface area contributed by atoms with Crippen LogP contribution in [0, 0.1) is 18.8 Å². The number of allylic oxidation sites excluding steroid dienone is 1. The molecule has 0 aromatic carbocycles. The molecular weight excluding hydrogens is 319 g/mol. The molecule has 0 aliphatic heterocycles. The van der Waals surface area contributed by atoms with E-state index in [1.807, 2.05) is 13.8 Å². The van der Waals surface area contributed by atoms with Crippen LogP contribution in [0.5, 0.6) is 0 Å². The molecule has 0 radical (unpaired) electrons. The van der Waals surface area contributed by atoms with Gasteiger partial charge in [0.25, 0.3) is 0 Å². The summed E-state index contributed by atoms with van der Waals surface area (Å²) >= 11 is 0. The Bertz CT molecular complexity index is 454. The van der Waals surface area contributed by atoms with E-state index in [1.54, 1.807) is 13.8 Å². The number of halogens is 3. The Morgan fingerprint density at radius 2 is 1.77 bits per heavy atom. The summed E-state index contributed by atoms with van der Waals surface area (Å²) < 4.78 is 62.5. The van der Waals surface area contributed by atoms with Crippen LogP contribution in [0.2, 0.25) is 0 Å². The zero-order valence-electron chi connectivity index (χ0n) is 13.5.